The summed E-state index contributed by atoms with van der Waals surface area (Å²) in [5, 5.41) is 6.25. The van der Waals surface area contributed by atoms with E-state index < -0.39 is 5.91 Å². The van der Waals surface area contributed by atoms with Crippen molar-refractivity contribution in [2.24, 2.45) is 0 Å². The molecule has 0 aliphatic carbocycles. The van der Waals surface area contributed by atoms with Crippen molar-refractivity contribution in [2.75, 3.05) is 18.5 Å². The van der Waals surface area contributed by atoms with Gasteiger partial charge in [-0.2, -0.15) is 0 Å². The van der Waals surface area contributed by atoms with Gasteiger partial charge in [-0.25, -0.2) is 0 Å². The number of anilines is 1. The summed E-state index contributed by atoms with van der Waals surface area (Å²) in [6.45, 7) is 1.18. The highest BCUT2D eigenvalue weighted by Crippen LogP contribution is 2.25. The molecule has 1 aromatic carbocycles. The molecule has 2 aromatic rings. The highest BCUT2D eigenvalue weighted by Gasteiger charge is 2.18. The van der Waals surface area contributed by atoms with Gasteiger partial charge in [0.05, 0.1) is 16.8 Å². The van der Waals surface area contributed by atoms with Crippen molar-refractivity contribution < 1.29 is 14.3 Å². The van der Waals surface area contributed by atoms with Crippen LogP contribution in [0, 0.1) is 0 Å². The fourth-order valence-electron chi connectivity index (χ4n) is 2.59. The summed E-state index contributed by atoms with van der Waals surface area (Å²) in [7, 11) is 0. The van der Waals surface area contributed by atoms with Crippen LogP contribution in [0.5, 0.6) is 0 Å². The van der Waals surface area contributed by atoms with Gasteiger partial charge in [-0.05, 0) is 43.2 Å². The molecule has 1 atom stereocenters. The molecule has 2 amide bonds. The number of benzene rings is 1. The number of hydrogen-bond donors (Lipinski definition) is 2. The third kappa shape index (κ3) is 4.72. The molecule has 3 rings (SSSR count). The third-order valence-electron chi connectivity index (χ3n) is 3.95. The number of carbonyl (C=O) groups excluding carboxylic acids is 2. The van der Waals surface area contributed by atoms with Crippen LogP contribution in [0.2, 0.25) is 10.0 Å². The van der Waals surface area contributed by atoms with E-state index in [-0.39, 0.29) is 17.7 Å². The lowest BCUT2D eigenvalue weighted by Crippen LogP contribution is -2.32. The molecule has 6 nitrogen and oxygen atoms in total. The number of nitrogens with one attached hydrogen (secondary N) is 2. The first-order chi connectivity index (χ1) is 12.5. The average Bonchev–Trinajstić information content (AvgIpc) is 3.15. The fourth-order valence-corrected chi connectivity index (χ4v) is 3.04. The standard InChI is InChI=1S/C18H17Cl2N3O3/c19-12-3-4-15(14(20)9-12)23-18(25)16-8-11(5-6-21-16)17(24)22-10-13-2-1-7-26-13/h3-6,8-9,13H,1-2,7,10H2,(H,22,24)(H,23,25). The second-order valence-corrected chi connectivity index (χ2v) is 6.70. The lowest BCUT2D eigenvalue weighted by Gasteiger charge is -2.11. The monoisotopic (exact) mass is 393 g/mol. The van der Waals surface area contributed by atoms with Gasteiger partial charge in [-0.1, -0.05) is 23.2 Å². The summed E-state index contributed by atoms with van der Waals surface area (Å²) in [6, 6.07) is 7.73. The number of halogens is 2. The van der Waals surface area contributed by atoms with E-state index in [1.807, 2.05) is 0 Å². The van der Waals surface area contributed by atoms with Gasteiger partial charge in [0.2, 0.25) is 0 Å². The molecular weight excluding hydrogens is 377 g/mol. The molecule has 8 heteroatoms. The Hall–Kier alpha value is -2.15. The molecule has 1 aromatic heterocycles. The molecule has 0 spiro atoms. The third-order valence-corrected chi connectivity index (χ3v) is 4.50. The van der Waals surface area contributed by atoms with Crippen LogP contribution in [0.15, 0.2) is 36.5 Å². The number of ether oxygens (including phenoxy) is 1. The van der Waals surface area contributed by atoms with Crippen LogP contribution >= 0.6 is 23.2 Å². The minimum absolute atomic E-state index is 0.0515. The summed E-state index contributed by atoms with van der Waals surface area (Å²) >= 11 is 11.9. The lowest BCUT2D eigenvalue weighted by molar-refractivity contribution is 0.0857. The Balaban J connectivity index is 1.65. The highest BCUT2D eigenvalue weighted by molar-refractivity contribution is 6.36. The largest absolute Gasteiger partial charge is 0.376 e. The number of aromatic nitrogens is 1. The Kier molecular flexibility index (Phi) is 6.08. The quantitative estimate of drug-likeness (QED) is 0.813. The van der Waals surface area contributed by atoms with Gasteiger partial charge in [0.25, 0.3) is 11.8 Å². The van der Waals surface area contributed by atoms with Gasteiger partial charge >= 0.3 is 0 Å². The minimum atomic E-state index is -0.469. The average molecular weight is 394 g/mol. The van der Waals surface area contributed by atoms with Gasteiger partial charge in [-0.15, -0.1) is 0 Å². The van der Waals surface area contributed by atoms with Gasteiger partial charge in [0, 0.05) is 29.9 Å². The van der Waals surface area contributed by atoms with Gasteiger partial charge < -0.3 is 15.4 Å². The predicted octanol–water partition coefficient (Wildman–Crippen LogP) is 3.55. The number of hydrogen-bond acceptors (Lipinski definition) is 4. The van der Waals surface area contributed by atoms with Crippen molar-refractivity contribution in [1.82, 2.24) is 10.3 Å². The number of amides is 2. The summed E-state index contributed by atoms with van der Waals surface area (Å²) in [5.74, 6) is -0.746. The van der Waals surface area contributed by atoms with Crippen LogP contribution in [0.4, 0.5) is 5.69 Å². The summed E-state index contributed by atoms with van der Waals surface area (Å²) in [6.07, 6.45) is 3.41. The molecule has 0 radical (unpaired) electrons. The van der Waals surface area contributed by atoms with Crippen LogP contribution in [-0.4, -0.2) is 36.1 Å². The van der Waals surface area contributed by atoms with Crippen LogP contribution in [-0.2, 0) is 4.74 Å². The Morgan fingerprint density at radius 1 is 1.19 bits per heavy atom. The van der Waals surface area contributed by atoms with Gasteiger partial charge in [0.15, 0.2) is 0 Å². The van der Waals surface area contributed by atoms with Gasteiger partial charge in [-0.3, -0.25) is 14.6 Å². The molecule has 1 unspecified atom stereocenters. The Bertz CT molecular complexity index is 823. The maximum Gasteiger partial charge on any atom is 0.274 e. The minimum Gasteiger partial charge on any atom is -0.376 e. The van der Waals surface area contributed by atoms with E-state index in [2.05, 4.69) is 15.6 Å². The Morgan fingerprint density at radius 3 is 2.77 bits per heavy atom. The maximum atomic E-state index is 12.4. The number of rotatable bonds is 5. The molecule has 26 heavy (non-hydrogen) atoms. The van der Waals surface area contributed by atoms with Crippen LogP contribution in [0.25, 0.3) is 0 Å². The first-order valence-electron chi connectivity index (χ1n) is 8.15. The van der Waals surface area contributed by atoms with Crippen LogP contribution < -0.4 is 10.6 Å². The normalized spacial score (nSPS) is 16.3. The topological polar surface area (TPSA) is 80.3 Å². The lowest BCUT2D eigenvalue weighted by atomic mass is 10.2. The van der Waals surface area contributed by atoms with Crippen LogP contribution in [0.3, 0.4) is 0 Å². The summed E-state index contributed by atoms with van der Waals surface area (Å²) in [4.78, 5) is 28.7. The zero-order valence-corrected chi connectivity index (χ0v) is 15.3. The molecule has 136 valence electrons. The predicted molar refractivity (Wildman–Crippen MR) is 100.0 cm³/mol. The number of nitrogens with zero attached hydrogens (tertiary/aromatic N) is 1. The molecular formula is C18H17Cl2N3O3. The Morgan fingerprint density at radius 2 is 2.04 bits per heavy atom. The Labute approximate surface area is 160 Å². The van der Waals surface area contributed by atoms with Crippen molar-refractivity contribution in [3.05, 3.63) is 57.8 Å². The molecule has 1 fully saturated rings. The number of pyridine rings is 1. The van der Waals surface area contributed by atoms with E-state index in [4.69, 9.17) is 27.9 Å². The van der Waals surface area contributed by atoms with E-state index in [1.165, 1.54) is 18.3 Å². The van der Waals surface area contributed by atoms with E-state index in [0.29, 0.717) is 27.8 Å². The first-order valence-corrected chi connectivity index (χ1v) is 8.91. The SMILES string of the molecule is O=C(NCC1CCCO1)c1ccnc(C(=O)Nc2ccc(Cl)cc2Cl)c1. The summed E-state index contributed by atoms with van der Waals surface area (Å²) < 4.78 is 5.47. The highest BCUT2D eigenvalue weighted by atomic mass is 35.5. The first kappa shape index (κ1) is 18.6. The van der Waals surface area contributed by atoms with E-state index in [1.54, 1.807) is 18.2 Å². The smallest absolute Gasteiger partial charge is 0.274 e. The van der Waals surface area contributed by atoms with Crippen LogP contribution in [0.1, 0.15) is 33.7 Å². The second-order valence-electron chi connectivity index (χ2n) is 5.85. The van der Waals surface area contributed by atoms with E-state index >= 15 is 0 Å². The molecule has 1 aliphatic heterocycles. The zero-order valence-electron chi connectivity index (χ0n) is 13.8. The van der Waals surface area contributed by atoms with Crippen molar-refractivity contribution >= 4 is 40.7 Å². The van der Waals surface area contributed by atoms with E-state index in [9.17, 15) is 9.59 Å². The molecule has 0 bridgehead atoms. The van der Waals surface area contributed by atoms with Crippen molar-refractivity contribution in [3.8, 4) is 0 Å². The summed E-state index contributed by atoms with van der Waals surface area (Å²) in [5.41, 5.74) is 0.877. The van der Waals surface area contributed by atoms with Crippen molar-refractivity contribution in [2.45, 2.75) is 18.9 Å². The number of carbonyl (C=O) groups is 2. The molecule has 2 N–H and O–H groups in total. The van der Waals surface area contributed by atoms with Gasteiger partial charge in [0.1, 0.15) is 5.69 Å². The van der Waals surface area contributed by atoms with Crippen molar-refractivity contribution in [1.29, 1.82) is 0 Å². The van der Waals surface area contributed by atoms with E-state index in [0.717, 1.165) is 19.4 Å². The molecule has 0 saturated carbocycles. The second kappa shape index (κ2) is 8.49. The fraction of sp³-hybridized carbons (Fsp3) is 0.278. The van der Waals surface area contributed by atoms with Crippen molar-refractivity contribution in [3.63, 3.8) is 0 Å². The molecule has 2 heterocycles. The molecule has 1 aliphatic rings. The zero-order chi connectivity index (χ0) is 18.5. The maximum absolute atomic E-state index is 12.4. The molecule has 1 saturated heterocycles.